The van der Waals surface area contributed by atoms with E-state index in [1.54, 1.807) is 23.5 Å². The van der Waals surface area contributed by atoms with E-state index in [0.29, 0.717) is 18.7 Å². The van der Waals surface area contributed by atoms with Gasteiger partial charge >= 0.3 is 6.09 Å². The summed E-state index contributed by atoms with van der Waals surface area (Å²) in [5.41, 5.74) is 2.07. The van der Waals surface area contributed by atoms with Gasteiger partial charge in [-0.15, -0.1) is 11.3 Å². The molecular formula is C18H16N2O2S. The van der Waals surface area contributed by atoms with E-state index in [4.69, 9.17) is 4.74 Å². The van der Waals surface area contributed by atoms with Crippen molar-refractivity contribution in [3.8, 4) is 17.0 Å². The molecule has 1 amide bonds. The molecule has 3 aromatic rings. The van der Waals surface area contributed by atoms with Gasteiger partial charge in [-0.05, 0) is 12.1 Å². The molecular weight excluding hydrogens is 308 g/mol. The van der Waals surface area contributed by atoms with Gasteiger partial charge in [0.05, 0.1) is 10.7 Å². The van der Waals surface area contributed by atoms with Crippen LogP contribution in [0, 0.1) is 0 Å². The number of rotatable bonds is 5. The van der Waals surface area contributed by atoms with E-state index in [2.05, 4.69) is 10.3 Å². The number of para-hydroxylation sites is 1. The molecule has 3 rings (SSSR count). The van der Waals surface area contributed by atoms with Crippen LogP contribution in [0.4, 0.5) is 4.79 Å². The Kier molecular flexibility index (Phi) is 5.01. The number of hydrogen-bond donors (Lipinski definition) is 1. The van der Waals surface area contributed by atoms with E-state index < -0.39 is 6.09 Å². The van der Waals surface area contributed by atoms with Crippen molar-refractivity contribution in [2.24, 2.45) is 0 Å². The van der Waals surface area contributed by atoms with Crippen molar-refractivity contribution >= 4 is 17.4 Å². The van der Waals surface area contributed by atoms with Crippen molar-refractivity contribution in [1.29, 1.82) is 0 Å². The number of nitrogens with one attached hydrogen (secondary N) is 1. The summed E-state index contributed by atoms with van der Waals surface area (Å²) < 4.78 is 5.16. The van der Waals surface area contributed by atoms with Gasteiger partial charge < -0.3 is 10.1 Å². The van der Waals surface area contributed by atoms with Gasteiger partial charge in [0, 0.05) is 23.9 Å². The zero-order chi connectivity index (χ0) is 15.9. The van der Waals surface area contributed by atoms with Crippen molar-refractivity contribution in [3.63, 3.8) is 0 Å². The van der Waals surface area contributed by atoms with Crippen LogP contribution >= 0.6 is 11.3 Å². The Balaban J connectivity index is 1.48. The number of nitrogens with zero attached hydrogens (tertiary/aromatic N) is 1. The highest BCUT2D eigenvalue weighted by Gasteiger charge is 2.06. The van der Waals surface area contributed by atoms with Crippen LogP contribution in [-0.2, 0) is 6.42 Å². The molecule has 0 atom stereocenters. The molecule has 0 radical (unpaired) electrons. The molecule has 0 aliphatic carbocycles. The minimum Gasteiger partial charge on any atom is -0.410 e. The molecule has 1 aromatic heterocycles. The molecule has 116 valence electrons. The van der Waals surface area contributed by atoms with Crippen LogP contribution in [-0.4, -0.2) is 17.6 Å². The monoisotopic (exact) mass is 324 g/mol. The van der Waals surface area contributed by atoms with Crippen LogP contribution in [0.1, 0.15) is 5.01 Å². The average molecular weight is 324 g/mol. The van der Waals surface area contributed by atoms with Crippen LogP contribution in [0.5, 0.6) is 5.75 Å². The van der Waals surface area contributed by atoms with Gasteiger partial charge in [0.15, 0.2) is 0 Å². The Labute approximate surface area is 138 Å². The molecule has 23 heavy (non-hydrogen) atoms. The molecule has 0 aliphatic heterocycles. The quantitative estimate of drug-likeness (QED) is 0.767. The van der Waals surface area contributed by atoms with Crippen molar-refractivity contribution in [1.82, 2.24) is 10.3 Å². The number of ether oxygens (including phenoxy) is 1. The predicted octanol–water partition coefficient (Wildman–Crippen LogP) is 4.14. The van der Waals surface area contributed by atoms with Gasteiger partial charge in [-0.25, -0.2) is 9.78 Å². The van der Waals surface area contributed by atoms with Crippen LogP contribution < -0.4 is 10.1 Å². The third-order valence-electron chi connectivity index (χ3n) is 3.18. The first-order valence-corrected chi connectivity index (χ1v) is 8.20. The van der Waals surface area contributed by atoms with Crippen molar-refractivity contribution in [2.45, 2.75) is 6.42 Å². The van der Waals surface area contributed by atoms with E-state index in [9.17, 15) is 4.79 Å². The summed E-state index contributed by atoms with van der Waals surface area (Å²) in [6, 6.07) is 19.1. The van der Waals surface area contributed by atoms with Gasteiger partial charge in [0.25, 0.3) is 0 Å². The second-order valence-corrected chi connectivity index (χ2v) is 5.81. The number of benzene rings is 2. The Morgan fingerprint density at radius 1 is 1.04 bits per heavy atom. The van der Waals surface area contributed by atoms with Gasteiger partial charge in [-0.3, -0.25) is 0 Å². The zero-order valence-corrected chi connectivity index (χ0v) is 13.3. The summed E-state index contributed by atoms with van der Waals surface area (Å²) in [5.74, 6) is 0.533. The third kappa shape index (κ3) is 4.40. The molecule has 1 heterocycles. The Bertz CT molecular complexity index is 757. The summed E-state index contributed by atoms with van der Waals surface area (Å²) in [7, 11) is 0. The SMILES string of the molecule is O=C(NCCc1nc(-c2ccccc2)cs1)Oc1ccccc1. The highest BCUT2D eigenvalue weighted by atomic mass is 32.1. The van der Waals surface area contributed by atoms with Crippen molar-refractivity contribution in [3.05, 3.63) is 71.1 Å². The van der Waals surface area contributed by atoms with Crippen LogP contribution in [0.15, 0.2) is 66.0 Å². The lowest BCUT2D eigenvalue weighted by atomic mass is 10.2. The lowest BCUT2D eigenvalue weighted by Gasteiger charge is -2.05. The molecule has 4 nitrogen and oxygen atoms in total. The minimum atomic E-state index is -0.448. The Morgan fingerprint density at radius 2 is 1.74 bits per heavy atom. The second-order valence-electron chi connectivity index (χ2n) is 4.87. The van der Waals surface area contributed by atoms with E-state index in [0.717, 1.165) is 16.3 Å². The summed E-state index contributed by atoms with van der Waals surface area (Å²) in [5, 5.41) is 5.76. The second kappa shape index (κ2) is 7.56. The van der Waals surface area contributed by atoms with E-state index in [-0.39, 0.29) is 0 Å². The smallest absolute Gasteiger partial charge is 0.410 e. The van der Waals surface area contributed by atoms with Gasteiger partial charge in [-0.2, -0.15) is 0 Å². The zero-order valence-electron chi connectivity index (χ0n) is 12.4. The largest absolute Gasteiger partial charge is 0.412 e. The van der Waals surface area contributed by atoms with Gasteiger partial charge in [0.2, 0.25) is 0 Å². The molecule has 0 saturated heterocycles. The lowest BCUT2D eigenvalue weighted by molar-refractivity contribution is 0.200. The molecule has 0 spiro atoms. The lowest BCUT2D eigenvalue weighted by Crippen LogP contribution is -2.28. The highest BCUT2D eigenvalue weighted by molar-refractivity contribution is 7.09. The fourth-order valence-electron chi connectivity index (χ4n) is 2.07. The maximum absolute atomic E-state index is 11.7. The fraction of sp³-hybridized carbons (Fsp3) is 0.111. The highest BCUT2D eigenvalue weighted by Crippen LogP contribution is 2.21. The van der Waals surface area contributed by atoms with Crippen LogP contribution in [0.3, 0.4) is 0 Å². The molecule has 0 unspecified atom stereocenters. The maximum Gasteiger partial charge on any atom is 0.412 e. The number of hydrogen-bond acceptors (Lipinski definition) is 4. The molecule has 5 heteroatoms. The number of thiazole rings is 1. The summed E-state index contributed by atoms with van der Waals surface area (Å²) in [6.07, 6.45) is 0.234. The predicted molar refractivity (Wildman–Crippen MR) is 91.7 cm³/mol. The van der Waals surface area contributed by atoms with E-state index in [1.807, 2.05) is 53.9 Å². The minimum absolute atomic E-state index is 0.448. The summed E-state index contributed by atoms with van der Waals surface area (Å²) >= 11 is 1.60. The van der Waals surface area contributed by atoms with E-state index >= 15 is 0 Å². The number of carbonyl (C=O) groups excluding carboxylic acids is 1. The molecule has 0 aliphatic rings. The Morgan fingerprint density at radius 3 is 2.48 bits per heavy atom. The topological polar surface area (TPSA) is 51.2 Å². The van der Waals surface area contributed by atoms with Crippen LogP contribution in [0.25, 0.3) is 11.3 Å². The molecule has 0 saturated carbocycles. The third-order valence-corrected chi connectivity index (χ3v) is 4.09. The summed E-state index contributed by atoms with van der Waals surface area (Å²) in [6.45, 7) is 0.493. The molecule has 2 aromatic carbocycles. The number of aromatic nitrogens is 1. The molecule has 1 N–H and O–H groups in total. The maximum atomic E-state index is 11.7. The standard InChI is InChI=1S/C18H16N2O2S/c21-18(22-15-9-5-2-6-10-15)19-12-11-17-20-16(13-23-17)14-7-3-1-4-8-14/h1-10,13H,11-12H2,(H,19,21). The van der Waals surface area contributed by atoms with Crippen molar-refractivity contribution in [2.75, 3.05) is 6.54 Å². The van der Waals surface area contributed by atoms with Gasteiger partial charge in [0.1, 0.15) is 5.75 Å². The molecule has 0 bridgehead atoms. The summed E-state index contributed by atoms with van der Waals surface area (Å²) in [4.78, 5) is 16.3. The van der Waals surface area contributed by atoms with Gasteiger partial charge in [-0.1, -0.05) is 48.5 Å². The number of amides is 1. The van der Waals surface area contributed by atoms with E-state index in [1.165, 1.54) is 0 Å². The van der Waals surface area contributed by atoms with Crippen molar-refractivity contribution < 1.29 is 9.53 Å². The average Bonchev–Trinajstić information content (AvgIpc) is 3.05. The first-order valence-electron chi connectivity index (χ1n) is 7.32. The first-order chi connectivity index (χ1) is 11.3. The number of carbonyl (C=O) groups is 1. The first kappa shape index (κ1) is 15.2. The molecule has 0 fully saturated rings. The van der Waals surface area contributed by atoms with Crippen LogP contribution in [0.2, 0.25) is 0 Å². The Hall–Kier alpha value is -2.66. The fourth-order valence-corrected chi connectivity index (χ4v) is 2.88. The normalized spacial score (nSPS) is 10.3.